The first-order valence-electron chi connectivity index (χ1n) is 6.12. The zero-order valence-electron chi connectivity index (χ0n) is 10.4. The molecule has 1 saturated carbocycles. The molecule has 0 amide bonds. The summed E-state index contributed by atoms with van der Waals surface area (Å²) >= 11 is 2.15. The quantitative estimate of drug-likeness (QED) is 0.669. The van der Waals surface area contributed by atoms with Crippen LogP contribution in [-0.2, 0) is 0 Å². The summed E-state index contributed by atoms with van der Waals surface area (Å²) in [7, 11) is 0. The van der Waals surface area contributed by atoms with Crippen LogP contribution in [-0.4, -0.2) is 11.0 Å². The Balaban J connectivity index is 2.41. The van der Waals surface area contributed by atoms with Crippen molar-refractivity contribution in [3.05, 3.63) is 0 Å². The molecule has 2 atom stereocenters. The molecule has 1 aliphatic carbocycles. The summed E-state index contributed by atoms with van der Waals surface area (Å²) in [5, 5.41) is 0.800. The lowest BCUT2D eigenvalue weighted by Gasteiger charge is -2.38. The molecule has 0 spiro atoms. The number of thioether (sulfide) groups is 1. The highest BCUT2D eigenvalue weighted by Crippen LogP contribution is 2.39. The Labute approximate surface area is 94.2 Å². The maximum atomic E-state index is 2.46. The molecule has 84 valence electrons. The van der Waals surface area contributed by atoms with Crippen molar-refractivity contribution in [2.75, 3.05) is 5.75 Å². The lowest BCUT2D eigenvalue weighted by molar-refractivity contribution is 0.154. The first-order chi connectivity index (χ1) is 6.50. The molecule has 2 unspecified atom stereocenters. The van der Waals surface area contributed by atoms with E-state index in [0.717, 1.165) is 28.9 Å². The highest BCUT2D eigenvalue weighted by atomic mass is 32.2. The van der Waals surface area contributed by atoms with Crippen molar-refractivity contribution < 1.29 is 0 Å². The molecule has 0 radical (unpaired) electrons. The molecular formula is C13H26S. The van der Waals surface area contributed by atoms with E-state index in [0.29, 0.717) is 0 Å². The maximum Gasteiger partial charge on any atom is -0.000958 e. The van der Waals surface area contributed by atoms with Crippen molar-refractivity contribution in [2.24, 2.45) is 23.7 Å². The Kier molecular flexibility index (Phi) is 4.82. The van der Waals surface area contributed by atoms with E-state index in [2.05, 4.69) is 46.4 Å². The van der Waals surface area contributed by atoms with Crippen molar-refractivity contribution in [1.82, 2.24) is 0 Å². The van der Waals surface area contributed by atoms with Crippen LogP contribution in [0, 0.1) is 23.7 Å². The molecule has 0 aromatic heterocycles. The molecule has 14 heavy (non-hydrogen) atoms. The predicted molar refractivity (Wildman–Crippen MR) is 67.8 cm³/mol. The van der Waals surface area contributed by atoms with Gasteiger partial charge >= 0.3 is 0 Å². The second-order valence-corrected chi connectivity index (χ2v) is 7.19. The molecule has 0 aromatic rings. The van der Waals surface area contributed by atoms with E-state index in [-0.39, 0.29) is 0 Å². The van der Waals surface area contributed by atoms with Crippen LogP contribution in [0.4, 0.5) is 0 Å². The summed E-state index contributed by atoms with van der Waals surface area (Å²) in [6.45, 7) is 11.9. The molecule has 1 rings (SSSR count). The highest BCUT2D eigenvalue weighted by Gasteiger charge is 2.30. The second kappa shape index (κ2) is 5.44. The molecule has 0 heterocycles. The van der Waals surface area contributed by atoms with Crippen LogP contribution in [0.2, 0.25) is 0 Å². The van der Waals surface area contributed by atoms with Crippen molar-refractivity contribution >= 4 is 11.8 Å². The SMILES string of the molecule is CC1CC(C)C(CSC(C)C)C(C)C1. The van der Waals surface area contributed by atoms with Crippen LogP contribution in [0.25, 0.3) is 0 Å². The van der Waals surface area contributed by atoms with Gasteiger partial charge < -0.3 is 0 Å². The van der Waals surface area contributed by atoms with Crippen LogP contribution >= 0.6 is 11.8 Å². The third-order valence-electron chi connectivity index (χ3n) is 3.63. The zero-order chi connectivity index (χ0) is 10.7. The lowest BCUT2D eigenvalue weighted by Crippen LogP contribution is -2.30. The predicted octanol–water partition coefficient (Wildman–Crippen LogP) is 4.45. The van der Waals surface area contributed by atoms with Gasteiger partial charge in [0.15, 0.2) is 0 Å². The van der Waals surface area contributed by atoms with Gasteiger partial charge in [-0.25, -0.2) is 0 Å². The van der Waals surface area contributed by atoms with Crippen LogP contribution in [0.3, 0.4) is 0 Å². The fraction of sp³-hybridized carbons (Fsp3) is 1.00. The largest absolute Gasteiger partial charge is 0.159 e. The third kappa shape index (κ3) is 3.49. The van der Waals surface area contributed by atoms with Crippen molar-refractivity contribution in [2.45, 2.75) is 52.7 Å². The van der Waals surface area contributed by atoms with Gasteiger partial charge in [0.1, 0.15) is 0 Å². The summed E-state index contributed by atoms with van der Waals surface area (Å²) < 4.78 is 0. The summed E-state index contributed by atoms with van der Waals surface area (Å²) in [4.78, 5) is 0. The maximum absolute atomic E-state index is 2.46. The Morgan fingerprint density at radius 1 is 1.07 bits per heavy atom. The Morgan fingerprint density at radius 3 is 2.00 bits per heavy atom. The summed E-state index contributed by atoms with van der Waals surface area (Å²) in [6, 6.07) is 0. The van der Waals surface area contributed by atoms with E-state index >= 15 is 0 Å². The van der Waals surface area contributed by atoms with Gasteiger partial charge in [-0.2, -0.15) is 11.8 Å². The number of hydrogen-bond donors (Lipinski definition) is 0. The summed E-state index contributed by atoms with van der Waals surface area (Å²) in [5.41, 5.74) is 0. The molecular weight excluding hydrogens is 188 g/mol. The average Bonchev–Trinajstić information content (AvgIpc) is 2.01. The normalized spacial score (nSPS) is 39.0. The third-order valence-corrected chi connectivity index (χ3v) is 4.88. The van der Waals surface area contributed by atoms with E-state index < -0.39 is 0 Å². The minimum absolute atomic E-state index is 0.800. The van der Waals surface area contributed by atoms with E-state index in [1.54, 1.807) is 0 Å². The van der Waals surface area contributed by atoms with Crippen molar-refractivity contribution in [3.63, 3.8) is 0 Å². The zero-order valence-corrected chi connectivity index (χ0v) is 11.2. The molecule has 0 bridgehead atoms. The first-order valence-corrected chi connectivity index (χ1v) is 7.17. The molecule has 1 heteroatoms. The number of hydrogen-bond acceptors (Lipinski definition) is 1. The number of rotatable bonds is 3. The fourth-order valence-corrected chi connectivity index (χ4v) is 4.17. The van der Waals surface area contributed by atoms with Gasteiger partial charge in [-0.1, -0.05) is 34.6 Å². The first kappa shape index (κ1) is 12.4. The monoisotopic (exact) mass is 214 g/mol. The van der Waals surface area contributed by atoms with E-state index in [4.69, 9.17) is 0 Å². The smallest absolute Gasteiger partial charge is 0.000958 e. The van der Waals surface area contributed by atoms with Gasteiger partial charge in [0, 0.05) is 0 Å². The molecule has 1 aliphatic rings. The lowest BCUT2D eigenvalue weighted by atomic mass is 9.70. The fourth-order valence-electron chi connectivity index (χ4n) is 2.91. The van der Waals surface area contributed by atoms with Crippen LogP contribution in [0.1, 0.15) is 47.5 Å². The van der Waals surface area contributed by atoms with E-state index in [1.165, 1.54) is 18.6 Å². The molecule has 0 N–H and O–H groups in total. The summed E-state index contributed by atoms with van der Waals surface area (Å²) in [6.07, 6.45) is 2.90. The molecule has 0 saturated heterocycles. The van der Waals surface area contributed by atoms with Gasteiger partial charge in [-0.05, 0) is 47.5 Å². The molecule has 0 aliphatic heterocycles. The van der Waals surface area contributed by atoms with Gasteiger partial charge in [-0.3, -0.25) is 0 Å². The highest BCUT2D eigenvalue weighted by molar-refractivity contribution is 7.99. The average molecular weight is 214 g/mol. The van der Waals surface area contributed by atoms with Gasteiger partial charge in [0.05, 0.1) is 0 Å². The second-order valence-electron chi connectivity index (χ2n) is 5.58. The Morgan fingerprint density at radius 2 is 1.57 bits per heavy atom. The van der Waals surface area contributed by atoms with Gasteiger partial charge in [0.2, 0.25) is 0 Å². The van der Waals surface area contributed by atoms with E-state index in [1.807, 2.05) is 0 Å². The van der Waals surface area contributed by atoms with Crippen LogP contribution in [0.15, 0.2) is 0 Å². The summed E-state index contributed by atoms with van der Waals surface area (Å²) in [5.74, 6) is 5.20. The molecule has 0 nitrogen and oxygen atoms in total. The van der Waals surface area contributed by atoms with Crippen molar-refractivity contribution in [3.8, 4) is 0 Å². The molecule has 1 fully saturated rings. The van der Waals surface area contributed by atoms with Crippen LogP contribution in [0.5, 0.6) is 0 Å². The van der Waals surface area contributed by atoms with Gasteiger partial charge in [-0.15, -0.1) is 0 Å². The standard InChI is InChI=1S/C13H26S/c1-9(2)14-8-13-11(4)6-10(3)7-12(13)5/h9-13H,6-8H2,1-5H3. The Bertz CT molecular complexity index is 153. The van der Waals surface area contributed by atoms with Crippen LogP contribution < -0.4 is 0 Å². The Hall–Kier alpha value is 0.350. The van der Waals surface area contributed by atoms with Crippen molar-refractivity contribution in [1.29, 1.82) is 0 Å². The molecule has 0 aromatic carbocycles. The van der Waals surface area contributed by atoms with E-state index in [9.17, 15) is 0 Å². The minimum Gasteiger partial charge on any atom is -0.159 e. The topological polar surface area (TPSA) is 0 Å². The van der Waals surface area contributed by atoms with Gasteiger partial charge in [0.25, 0.3) is 0 Å². The minimum atomic E-state index is 0.800.